The highest BCUT2D eigenvalue weighted by Crippen LogP contribution is 2.11. The van der Waals surface area contributed by atoms with Crippen molar-refractivity contribution in [2.75, 3.05) is 13.1 Å². The molecule has 0 radical (unpaired) electrons. The fourth-order valence-corrected chi connectivity index (χ4v) is 2.52. The summed E-state index contributed by atoms with van der Waals surface area (Å²) in [7, 11) is 0. The van der Waals surface area contributed by atoms with Crippen molar-refractivity contribution in [2.24, 2.45) is 0 Å². The third-order valence-electron chi connectivity index (χ3n) is 3.63. The number of imidazole rings is 1. The van der Waals surface area contributed by atoms with E-state index in [2.05, 4.69) is 20.6 Å². The van der Waals surface area contributed by atoms with Gasteiger partial charge in [-0.25, -0.2) is 9.97 Å². The number of rotatable bonds is 3. The van der Waals surface area contributed by atoms with Crippen LogP contribution in [-0.4, -0.2) is 39.6 Å². The van der Waals surface area contributed by atoms with Crippen LogP contribution in [-0.2, 0) is 0 Å². The highest BCUT2D eigenvalue weighted by atomic mass is 35.5. The molecule has 2 aromatic heterocycles. The number of carbonyl (C=O) groups excluding carboxylic acids is 1. The second-order valence-corrected chi connectivity index (χ2v) is 5.36. The van der Waals surface area contributed by atoms with E-state index in [0.29, 0.717) is 11.5 Å². The number of hydrogen-bond acceptors (Lipinski definition) is 4. The van der Waals surface area contributed by atoms with Gasteiger partial charge in [-0.05, 0) is 50.6 Å². The van der Waals surface area contributed by atoms with Crippen LogP contribution in [0, 0.1) is 6.92 Å². The monoisotopic (exact) mass is 321 g/mol. The molecule has 2 aromatic rings. The molecule has 0 aliphatic carbocycles. The molecule has 1 fully saturated rings. The quantitative estimate of drug-likeness (QED) is 0.898. The summed E-state index contributed by atoms with van der Waals surface area (Å²) < 4.78 is 1.80. The van der Waals surface area contributed by atoms with E-state index >= 15 is 0 Å². The molecule has 1 amide bonds. The molecule has 1 aliphatic rings. The largest absolute Gasteiger partial charge is 0.348 e. The molecule has 0 saturated carbocycles. The fraction of sp³-hybridized carbons (Fsp3) is 0.400. The average Bonchev–Trinajstić information content (AvgIpc) is 3.02. The van der Waals surface area contributed by atoms with E-state index in [-0.39, 0.29) is 24.4 Å². The molecule has 1 aliphatic heterocycles. The summed E-state index contributed by atoms with van der Waals surface area (Å²) in [4.78, 5) is 20.8. The molecule has 22 heavy (non-hydrogen) atoms. The summed E-state index contributed by atoms with van der Waals surface area (Å²) in [5, 5.41) is 6.36. The average molecular weight is 322 g/mol. The normalized spacial score (nSPS) is 15.1. The SMILES string of the molecule is Cc1cc(C(=O)NC2CCNCC2)nc(-n2ccnc2)c1.Cl. The maximum Gasteiger partial charge on any atom is 0.270 e. The van der Waals surface area contributed by atoms with E-state index in [0.717, 1.165) is 31.5 Å². The van der Waals surface area contributed by atoms with Gasteiger partial charge in [0.05, 0.1) is 0 Å². The van der Waals surface area contributed by atoms with Gasteiger partial charge in [-0.15, -0.1) is 12.4 Å². The molecule has 0 aromatic carbocycles. The van der Waals surface area contributed by atoms with E-state index in [1.54, 1.807) is 17.1 Å². The number of pyridine rings is 1. The number of nitrogens with zero attached hydrogens (tertiary/aromatic N) is 3. The van der Waals surface area contributed by atoms with Crippen LogP contribution >= 0.6 is 12.4 Å². The summed E-state index contributed by atoms with van der Waals surface area (Å²) in [6.45, 7) is 3.86. The van der Waals surface area contributed by atoms with Crippen molar-refractivity contribution >= 4 is 18.3 Å². The van der Waals surface area contributed by atoms with E-state index in [1.165, 1.54) is 0 Å². The van der Waals surface area contributed by atoms with Gasteiger partial charge in [-0.2, -0.15) is 0 Å². The minimum absolute atomic E-state index is 0. The van der Waals surface area contributed by atoms with Crippen LogP contribution in [0.4, 0.5) is 0 Å². The van der Waals surface area contributed by atoms with Gasteiger partial charge in [0.2, 0.25) is 0 Å². The summed E-state index contributed by atoms with van der Waals surface area (Å²) in [6, 6.07) is 3.98. The molecule has 0 unspecified atom stereocenters. The summed E-state index contributed by atoms with van der Waals surface area (Å²) in [5.74, 6) is 0.606. The predicted octanol–water partition coefficient (Wildman–Crippen LogP) is 1.48. The summed E-state index contributed by atoms with van der Waals surface area (Å²) >= 11 is 0. The Morgan fingerprint density at radius 3 is 2.82 bits per heavy atom. The van der Waals surface area contributed by atoms with Crippen molar-refractivity contribution in [1.29, 1.82) is 0 Å². The lowest BCUT2D eigenvalue weighted by Crippen LogP contribution is -2.43. The number of aryl methyl sites for hydroxylation is 1. The van der Waals surface area contributed by atoms with Crippen molar-refractivity contribution in [1.82, 2.24) is 25.2 Å². The van der Waals surface area contributed by atoms with Gasteiger partial charge < -0.3 is 10.6 Å². The molecule has 0 spiro atoms. The van der Waals surface area contributed by atoms with Gasteiger partial charge >= 0.3 is 0 Å². The van der Waals surface area contributed by atoms with Crippen molar-refractivity contribution in [2.45, 2.75) is 25.8 Å². The molecule has 118 valence electrons. The van der Waals surface area contributed by atoms with Gasteiger partial charge in [0.1, 0.15) is 17.8 Å². The van der Waals surface area contributed by atoms with Crippen molar-refractivity contribution in [3.05, 3.63) is 42.1 Å². The number of aromatic nitrogens is 3. The molecular weight excluding hydrogens is 302 g/mol. The van der Waals surface area contributed by atoms with Crippen LogP contribution < -0.4 is 10.6 Å². The predicted molar refractivity (Wildman–Crippen MR) is 86.7 cm³/mol. The van der Waals surface area contributed by atoms with Crippen molar-refractivity contribution in [3.8, 4) is 5.82 Å². The van der Waals surface area contributed by atoms with Crippen molar-refractivity contribution in [3.63, 3.8) is 0 Å². The van der Waals surface area contributed by atoms with Gasteiger partial charge in [-0.3, -0.25) is 9.36 Å². The van der Waals surface area contributed by atoms with Crippen LogP contribution in [0.25, 0.3) is 5.82 Å². The Hall–Kier alpha value is -1.92. The molecule has 3 rings (SSSR count). The molecule has 0 bridgehead atoms. The minimum Gasteiger partial charge on any atom is -0.348 e. The van der Waals surface area contributed by atoms with E-state index < -0.39 is 0 Å². The molecule has 2 N–H and O–H groups in total. The topological polar surface area (TPSA) is 71.8 Å². The second-order valence-electron chi connectivity index (χ2n) is 5.36. The Labute approximate surface area is 135 Å². The standard InChI is InChI=1S/C15H19N5O.ClH/c1-11-8-13(15(21)18-12-2-4-16-5-3-12)19-14(9-11)20-7-6-17-10-20;/h6-10,12,16H,2-5H2,1H3,(H,18,21);1H. The number of halogens is 1. The Morgan fingerprint density at radius 2 is 2.14 bits per heavy atom. The van der Waals surface area contributed by atoms with Crippen LogP contribution in [0.2, 0.25) is 0 Å². The first-order chi connectivity index (χ1) is 10.2. The van der Waals surface area contributed by atoms with Crippen LogP contribution in [0.1, 0.15) is 28.9 Å². The Morgan fingerprint density at radius 1 is 1.36 bits per heavy atom. The van der Waals surface area contributed by atoms with Crippen LogP contribution in [0.3, 0.4) is 0 Å². The Bertz CT molecular complexity index is 623. The number of nitrogens with one attached hydrogen (secondary N) is 2. The van der Waals surface area contributed by atoms with E-state index in [4.69, 9.17) is 0 Å². The van der Waals surface area contributed by atoms with Gasteiger partial charge in [0.15, 0.2) is 0 Å². The smallest absolute Gasteiger partial charge is 0.270 e. The molecule has 7 heteroatoms. The van der Waals surface area contributed by atoms with Gasteiger partial charge in [-0.1, -0.05) is 0 Å². The zero-order valence-corrected chi connectivity index (χ0v) is 13.3. The third kappa shape index (κ3) is 3.84. The van der Waals surface area contributed by atoms with Crippen LogP contribution in [0.15, 0.2) is 30.9 Å². The van der Waals surface area contributed by atoms with Crippen LogP contribution in [0.5, 0.6) is 0 Å². The lowest BCUT2D eigenvalue weighted by atomic mass is 10.1. The first-order valence-electron chi connectivity index (χ1n) is 7.21. The molecule has 0 atom stereocenters. The summed E-state index contributed by atoms with van der Waals surface area (Å²) in [6.07, 6.45) is 7.11. The first kappa shape index (κ1) is 16.5. The lowest BCUT2D eigenvalue weighted by Gasteiger charge is -2.23. The maximum absolute atomic E-state index is 12.4. The van der Waals surface area contributed by atoms with Crippen molar-refractivity contribution < 1.29 is 4.79 Å². The number of hydrogen-bond donors (Lipinski definition) is 2. The number of carbonyl (C=O) groups is 1. The lowest BCUT2D eigenvalue weighted by molar-refractivity contribution is 0.0924. The van der Waals surface area contributed by atoms with E-state index in [1.807, 2.05) is 25.3 Å². The maximum atomic E-state index is 12.4. The highest BCUT2D eigenvalue weighted by molar-refractivity contribution is 5.92. The molecular formula is C15H20ClN5O. The zero-order valence-electron chi connectivity index (χ0n) is 12.5. The second kappa shape index (κ2) is 7.38. The van der Waals surface area contributed by atoms with Gasteiger partial charge in [0.25, 0.3) is 5.91 Å². The molecule has 1 saturated heterocycles. The first-order valence-corrected chi connectivity index (χ1v) is 7.21. The zero-order chi connectivity index (χ0) is 14.7. The summed E-state index contributed by atoms with van der Waals surface area (Å²) in [5.41, 5.74) is 1.46. The van der Waals surface area contributed by atoms with E-state index in [9.17, 15) is 4.79 Å². The minimum atomic E-state index is -0.105. The van der Waals surface area contributed by atoms with Gasteiger partial charge in [0, 0.05) is 18.4 Å². The Kier molecular flexibility index (Phi) is 5.51. The molecule has 3 heterocycles. The molecule has 6 nitrogen and oxygen atoms in total. The number of piperidine rings is 1. The number of amides is 1. The fourth-order valence-electron chi connectivity index (χ4n) is 2.52. The third-order valence-corrected chi connectivity index (χ3v) is 3.63. The highest BCUT2D eigenvalue weighted by Gasteiger charge is 2.17. The Balaban J connectivity index is 0.00000176.